The van der Waals surface area contributed by atoms with Crippen LogP contribution in [0.3, 0.4) is 0 Å². The van der Waals surface area contributed by atoms with Crippen LogP contribution >= 0.6 is 0 Å². The van der Waals surface area contributed by atoms with Crippen LogP contribution in [-0.2, 0) is 0 Å². The van der Waals surface area contributed by atoms with Crippen LogP contribution in [0.4, 0.5) is 5.69 Å². The summed E-state index contributed by atoms with van der Waals surface area (Å²) in [5.74, 6) is 0.00764. The second-order valence-electron chi connectivity index (χ2n) is 3.22. The molecule has 1 aromatic heterocycles. The molecule has 1 heterocycles. The number of hydrogen-bond acceptors (Lipinski definition) is 3. The second-order valence-corrected chi connectivity index (χ2v) is 3.22. The highest BCUT2D eigenvalue weighted by atomic mass is 14.9. The van der Waals surface area contributed by atoms with E-state index in [1.165, 1.54) is 0 Å². The summed E-state index contributed by atoms with van der Waals surface area (Å²) in [7, 11) is 0. The number of nitrogens with zero attached hydrogens (tertiary/aromatic N) is 1. The van der Waals surface area contributed by atoms with Gasteiger partial charge in [0.2, 0.25) is 0 Å². The van der Waals surface area contributed by atoms with Crippen molar-refractivity contribution in [3.63, 3.8) is 0 Å². The molecule has 0 saturated heterocycles. The van der Waals surface area contributed by atoms with Crippen molar-refractivity contribution in [2.45, 2.75) is 20.3 Å². The van der Waals surface area contributed by atoms with E-state index < -0.39 is 0 Å². The van der Waals surface area contributed by atoms with Crippen LogP contribution in [0.2, 0.25) is 0 Å². The maximum absolute atomic E-state index is 7.29. The van der Waals surface area contributed by atoms with Gasteiger partial charge in [0.25, 0.3) is 0 Å². The van der Waals surface area contributed by atoms with E-state index >= 15 is 0 Å². The highest BCUT2D eigenvalue weighted by Gasteiger charge is 2.01. The molecular formula is C10H16N4. The lowest BCUT2D eigenvalue weighted by Crippen LogP contribution is -2.14. The van der Waals surface area contributed by atoms with Gasteiger partial charge in [-0.3, -0.25) is 5.41 Å². The van der Waals surface area contributed by atoms with Crippen molar-refractivity contribution in [1.82, 2.24) is 4.98 Å². The van der Waals surface area contributed by atoms with E-state index in [1.54, 1.807) is 6.07 Å². The number of nitrogen functional groups attached to an aromatic ring is 1. The van der Waals surface area contributed by atoms with Crippen molar-refractivity contribution < 1.29 is 0 Å². The minimum atomic E-state index is 0.00764. The first-order valence-corrected chi connectivity index (χ1v) is 4.70. The van der Waals surface area contributed by atoms with Gasteiger partial charge in [-0.05, 0) is 25.5 Å². The number of aryl methyl sites for hydroxylation is 1. The molecule has 1 aromatic rings. The van der Waals surface area contributed by atoms with Crippen LogP contribution in [-0.4, -0.2) is 17.4 Å². The smallest absolute Gasteiger partial charge is 0.141 e. The van der Waals surface area contributed by atoms with Gasteiger partial charge in [-0.15, -0.1) is 0 Å². The lowest BCUT2D eigenvalue weighted by molar-refractivity contribution is 0.977. The minimum absolute atomic E-state index is 0.00764. The summed E-state index contributed by atoms with van der Waals surface area (Å²) in [4.78, 5) is 4.15. The lowest BCUT2D eigenvalue weighted by Gasteiger charge is -2.07. The number of hydrogen-bond donors (Lipinski definition) is 3. The molecule has 4 N–H and O–H groups in total. The zero-order chi connectivity index (χ0) is 10.6. The van der Waals surface area contributed by atoms with Gasteiger partial charge < -0.3 is 11.1 Å². The third-order valence-electron chi connectivity index (χ3n) is 1.81. The van der Waals surface area contributed by atoms with Gasteiger partial charge in [-0.1, -0.05) is 6.92 Å². The first kappa shape index (κ1) is 10.5. The quantitative estimate of drug-likeness (QED) is 0.500. The Morgan fingerprint density at radius 3 is 2.86 bits per heavy atom. The summed E-state index contributed by atoms with van der Waals surface area (Å²) in [5, 5.41) is 10.5. The maximum Gasteiger partial charge on any atom is 0.141 e. The molecule has 0 aliphatic carbocycles. The third kappa shape index (κ3) is 2.73. The number of anilines is 1. The Hall–Kier alpha value is -1.58. The number of nitrogens with two attached hydrogens (primary N) is 1. The van der Waals surface area contributed by atoms with Crippen molar-refractivity contribution in [1.29, 1.82) is 5.41 Å². The molecule has 0 aromatic carbocycles. The van der Waals surface area contributed by atoms with Crippen molar-refractivity contribution in [2.75, 3.05) is 11.9 Å². The fourth-order valence-electron chi connectivity index (χ4n) is 1.18. The SMILES string of the molecule is CCCNc1cc(C)nc(C(=N)N)c1. The molecule has 4 nitrogen and oxygen atoms in total. The largest absolute Gasteiger partial charge is 0.385 e. The van der Waals surface area contributed by atoms with E-state index in [9.17, 15) is 0 Å². The third-order valence-corrected chi connectivity index (χ3v) is 1.81. The van der Waals surface area contributed by atoms with Gasteiger partial charge in [0.05, 0.1) is 0 Å². The van der Waals surface area contributed by atoms with Gasteiger partial charge in [0.15, 0.2) is 0 Å². The monoisotopic (exact) mass is 192 g/mol. The zero-order valence-electron chi connectivity index (χ0n) is 8.59. The first-order chi connectivity index (χ1) is 6.63. The Morgan fingerprint density at radius 2 is 2.29 bits per heavy atom. The Balaban J connectivity index is 2.89. The van der Waals surface area contributed by atoms with Crippen molar-refractivity contribution >= 4 is 11.5 Å². The van der Waals surface area contributed by atoms with Crippen molar-refractivity contribution in [2.24, 2.45) is 5.73 Å². The summed E-state index contributed by atoms with van der Waals surface area (Å²) in [6, 6.07) is 3.74. The van der Waals surface area contributed by atoms with Gasteiger partial charge in [0.1, 0.15) is 11.5 Å². The molecule has 0 amide bonds. The van der Waals surface area contributed by atoms with E-state index in [0.29, 0.717) is 5.69 Å². The molecule has 0 bridgehead atoms. The van der Waals surface area contributed by atoms with E-state index in [1.807, 2.05) is 13.0 Å². The first-order valence-electron chi connectivity index (χ1n) is 4.70. The Morgan fingerprint density at radius 1 is 1.57 bits per heavy atom. The average molecular weight is 192 g/mol. The summed E-state index contributed by atoms with van der Waals surface area (Å²) in [5.41, 5.74) is 7.75. The lowest BCUT2D eigenvalue weighted by atomic mass is 10.2. The Labute approximate surface area is 84.1 Å². The molecule has 0 unspecified atom stereocenters. The Bertz CT molecular complexity index is 333. The molecule has 0 radical (unpaired) electrons. The molecule has 4 heteroatoms. The highest BCUT2D eigenvalue weighted by molar-refractivity contribution is 5.93. The van der Waals surface area contributed by atoms with Crippen LogP contribution in [0.1, 0.15) is 24.7 Å². The van der Waals surface area contributed by atoms with Gasteiger partial charge >= 0.3 is 0 Å². The standard InChI is InChI=1S/C10H16N4/c1-3-4-13-8-5-7(2)14-9(6-8)10(11)12/h5-6H,3-4H2,1-2H3,(H3,11,12)(H,13,14). The molecule has 14 heavy (non-hydrogen) atoms. The maximum atomic E-state index is 7.29. The van der Waals surface area contributed by atoms with E-state index in [-0.39, 0.29) is 5.84 Å². The molecule has 0 atom stereocenters. The van der Waals surface area contributed by atoms with Crippen LogP contribution in [0.5, 0.6) is 0 Å². The van der Waals surface area contributed by atoms with Crippen LogP contribution in [0, 0.1) is 12.3 Å². The van der Waals surface area contributed by atoms with Crippen LogP contribution in [0.15, 0.2) is 12.1 Å². The number of amidine groups is 1. The van der Waals surface area contributed by atoms with Gasteiger partial charge in [0, 0.05) is 17.9 Å². The summed E-state index contributed by atoms with van der Waals surface area (Å²) in [6.07, 6.45) is 1.07. The number of pyridine rings is 1. The summed E-state index contributed by atoms with van der Waals surface area (Å²) >= 11 is 0. The highest BCUT2D eigenvalue weighted by Crippen LogP contribution is 2.10. The predicted octanol–water partition coefficient (Wildman–Crippen LogP) is 1.50. The van der Waals surface area contributed by atoms with Crippen LogP contribution in [0.25, 0.3) is 0 Å². The van der Waals surface area contributed by atoms with Gasteiger partial charge in [-0.2, -0.15) is 0 Å². The van der Waals surface area contributed by atoms with Crippen molar-refractivity contribution in [3.05, 3.63) is 23.5 Å². The molecular weight excluding hydrogens is 176 g/mol. The van der Waals surface area contributed by atoms with E-state index in [0.717, 1.165) is 24.3 Å². The average Bonchev–Trinajstić information content (AvgIpc) is 2.14. The molecule has 0 fully saturated rings. The molecule has 0 spiro atoms. The summed E-state index contributed by atoms with van der Waals surface area (Å²) < 4.78 is 0. The number of rotatable bonds is 4. The summed E-state index contributed by atoms with van der Waals surface area (Å²) in [6.45, 7) is 4.91. The molecule has 76 valence electrons. The molecule has 0 aliphatic rings. The molecule has 0 aliphatic heterocycles. The fourth-order valence-corrected chi connectivity index (χ4v) is 1.18. The predicted molar refractivity (Wildman–Crippen MR) is 58.8 cm³/mol. The minimum Gasteiger partial charge on any atom is -0.385 e. The zero-order valence-corrected chi connectivity index (χ0v) is 8.59. The van der Waals surface area contributed by atoms with E-state index in [2.05, 4.69) is 17.2 Å². The number of nitrogens with one attached hydrogen (secondary N) is 2. The number of aromatic nitrogens is 1. The topological polar surface area (TPSA) is 74.8 Å². The second kappa shape index (κ2) is 4.60. The van der Waals surface area contributed by atoms with Gasteiger partial charge in [-0.25, -0.2) is 4.98 Å². The fraction of sp³-hybridized carbons (Fsp3) is 0.400. The normalized spacial score (nSPS) is 9.86. The van der Waals surface area contributed by atoms with Crippen LogP contribution < -0.4 is 11.1 Å². The Kier molecular flexibility index (Phi) is 3.45. The van der Waals surface area contributed by atoms with E-state index in [4.69, 9.17) is 11.1 Å². The van der Waals surface area contributed by atoms with Crippen molar-refractivity contribution in [3.8, 4) is 0 Å². The molecule has 1 rings (SSSR count). The molecule has 0 saturated carbocycles.